The van der Waals surface area contributed by atoms with Gasteiger partial charge in [0.05, 0.1) is 27.9 Å². The Morgan fingerprint density at radius 2 is 1.78 bits per heavy atom. The van der Waals surface area contributed by atoms with Crippen LogP contribution in [0.5, 0.6) is 0 Å². The lowest BCUT2D eigenvalue weighted by Gasteiger charge is -2.28. The molecule has 1 aliphatic rings. The lowest BCUT2D eigenvalue weighted by molar-refractivity contribution is -0.113. The highest BCUT2D eigenvalue weighted by Gasteiger charge is 2.31. The molecule has 0 saturated carbocycles. The summed E-state index contributed by atoms with van der Waals surface area (Å²) in [7, 11) is 0. The van der Waals surface area contributed by atoms with E-state index in [0.29, 0.717) is 27.5 Å². The number of anilines is 1. The molecule has 0 bridgehead atoms. The largest absolute Gasteiger partial charge is 0.478 e. The van der Waals surface area contributed by atoms with Crippen LogP contribution in [-0.2, 0) is 4.79 Å². The Morgan fingerprint density at radius 3 is 2.41 bits per heavy atom. The molecule has 8 heteroatoms. The van der Waals surface area contributed by atoms with Gasteiger partial charge in [0, 0.05) is 5.70 Å². The Balaban J connectivity index is 1.95. The van der Waals surface area contributed by atoms with E-state index in [9.17, 15) is 14.4 Å². The molecule has 1 aliphatic heterocycles. The van der Waals surface area contributed by atoms with Gasteiger partial charge in [-0.15, -0.1) is 0 Å². The SMILES string of the molecule is CC1=C(C(=O)Nc2ccccc2Cl)[C@@H](c2ccc(C(=O)O)cc2)NC(=O)N1. The van der Waals surface area contributed by atoms with Crippen LogP contribution < -0.4 is 16.0 Å². The monoisotopic (exact) mass is 385 g/mol. The Bertz CT molecular complexity index is 954. The van der Waals surface area contributed by atoms with Gasteiger partial charge in [-0.05, 0) is 36.8 Å². The van der Waals surface area contributed by atoms with Crippen molar-refractivity contribution in [2.45, 2.75) is 13.0 Å². The van der Waals surface area contributed by atoms with Crippen LogP contribution in [0.3, 0.4) is 0 Å². The summed E-state index contributed by atoms with van der Waals surface area (Å²) in [4.78, 5) is 35.8. The fourth-order valence-electron chi connectivity index (χ4n) is 2.82. The Labute approximate surface area is 160 Å². The number of hydrogen-bond acceptors (Lipinski definition) is 3. The maximum Gasteiger partial charge on any atom is 0.335 e. The first-order chi connectivity index (χ1) is 12.9. The molecule has 2 aromatic rings. The fourth-order valence-corrected chi connectivity index (χ4v) is 3.00. The summed E-state index contributed by atoms with van der Waals surface area (Å²) in [5, 5.41) is 17.4. The number of rotatable bonds is 4. The zero-order chi connectivity index (χ0) is 19.6. The van der Waals surface area contributed by atoms with Crippen molar-refractivity contribution < 1.29 is 19.5 Å². The Kier molecular flexibility index (Phi) is 5.14. The minimum Gasteiger partial charge on any atom is -0.478 e. The van der Waals surface area contributed by atoms with Crippen LogP contribution in [0.1, 0.15) is 28.9 Å². The van der Waals surface area contributed by atoms with Crippen molar-refractivity contribution in [3.8, 4) is 0 Å². The van der Waals surface area contributed by atoms with Crippen LogP contribution in [0, 0.1) is 0 Å². The molecule has 0 aliphatic carbocycles. The number of urea groups is 1. The maximum absolute atomic E-state index is 12.9. The van der Waals surface area contributed by atoms with E-state index in [2.05, 4.69) is 16.0 Å². The van der Waals surface area contributed by atoms with E-state index in [4.69, 9.17) is 16.7 Å². The van der Waals surface area contributed by atoms with Crippen LogP contribution >= 0.6 is 11.6 Å². The Hall–Kier alpha value is -3.32. The number of hydrogen-bond donors (Lipinski definition) is 4. The number of nitrogens with one attached hydrogen (secondary N) is 3. The third-order valence-corrected chi connectivity index (χ3v) is 4.46. The highest BCUT2D eigenvalue weighted by atomic mass is 35.5. The highest BCUT2D eigenvalue weighted by Crippen LogP contribution is 2.29. The maximum atomic E-state index is 12.9. The average molecular weight is 386 g/mol. The first kappa shape index (κ1) is 18.5. The van der Waals surface area contributed by atoms with Crippen LogP contribution in [0.25, 0.3) is 0 Å². The summed E-state index contributed by atoms with van der Waals surface area (Å²) < 4.78 is 0. The van der Waals surface area contributed by atoms with Crippen LogP contribution in [0.2, 0.25) is 5.02 Å². The molecule has 7 nitrogen and oxygen atoms in total. The number of halogens is 1. The molecule has 0 aromatic heterocycles. The minimum atomic E-state index is -1.06. The van der Waals surface area contributed by atoms with Gasteiger partial charge in [-0.1, -0.05) is 35.9 Å². The number of benzene rings is 2. The summed E-state index contributed by atoms with van der Waals surface area (Å²) in [5.41, 5.74) is 1.84. The summed E-state index contributed by atoms with van der Waals surface area (Å²) in [6, 6.07) is 11.6. The minimum absolute atomic E-state index is 0.113. The fraction of sp³-hybridized carbons (Fsp3) is 0.105. The molecule has 1 heterocycles. The molecule has 0 saturated heterocycles. The van der Waals surface area contributed by atoms with E-state index in [0.717, 1.165) is 0 Å². The van der Waals surface area contributed by atoms with E-state index in [1.54, 1.807) is 43.3 Å². The van der Waals surface area contributed by atoms with Crippen molar-refractivity contribution in [1.82, 2.24) is 10.6 Å². The smallest absolute Gasteiger partial charge is 0.335 e. The number of allylic oxidation sites excluding steroid dienone is 1. The molecular formula is C19H16ClN3O4. The van der Waals surface area contributed by atoms with Gasteiger partial charge in [0.2, 0.25) is 0 Å². The summed E-state index contributed by atoms with van der Waals surface area (Å²) in [6.07, 6.45) is 0. The molecule has 0 fully saturated rings. The molecular weight excluding hydrogens is 370 g/mol. The molecule has 27 heavy (non-hydrogen) atoms. The molecule has 0 spiro atoms. The van der Waals surface area contributed by atoms with Crippen molar-refractivity contribution in [2.24, 2.45) is 0 Å². The van der Waals surface area contributed by atoms with Crippen molar-refractivity contribution in [1.29, 1.82) is 0 Å². The molecule has 1 atom stereocenters. The molecule has 3 amide bonds. The van der Waals surface area contributed by atoms with Gasteiger partial charge in [-0.25, -0.2) is 9.59 Å². The number of carbonyl (C=O) groups excluding carboxylic acids is 2. The second-order valence-corrected chi connectivity index (χ2v) is 6.34. The predicted octanol–water partition coefficient (Wildman–Crippen LogP) is 3.30. The van der Waals surface area contributed by atoms with E-state index in [-0.39, 0.29) is 5.56 Å². The number of amides is 3. The standard InChI is InChI=1S/C19H16ClN3O4/c1-10-15(17(24)22-14-5-3-2-4-13(14)20)16(23-19(27)21-10)11-6-8-12(9-7-11)18(25)26/h2-9,16H,1H3,(H,22,24)(H,25,26)(H2,21,23,27)/t16-/m1/s1. The number of carbonyl (C=O) groups is 3. The third-order valence-electron chi connectivity index (χ3n) is 4.13. The second kappa shape index (κ2) is 7.51. The molecule has 138 valence electrons. The van der Waals surface area contributed by atoms with Gasteiger partial charge in [-0.3, -0.25) is 4.79 Å². The topological polar surface area (TPSA) is 108 Å². The average Bonchev–Trinajstić information content (AvgIpc) is 2.63. The summed E-state index contributed by atoms with van der Waals surface area (Å²) >= 11 is 6.10. The van der Waals surface area contributed by atoms with Crippen molar-refractivity contribution >= 4 is 35.2 Å². The van der Waals surface area contributed by atoms with Gasteiger partial charge in [0.25, 0.3) is 5.91 Å². The number of para-hydroxylation sites is 1. The van der Waals surface area contributed by atoms with Crippen molar-refractivity contribution in [3.63, 3.8) is 0 Å². The number of carboxylic acid groups (broad SMARTS) is 1. The molecule has 0 radical (unpaired) electrons. The number of carboxylic acids is 1. The normalized spacial score (nSPS) is 16.4. The molecule has 3 rings (SSSR count). The van der Waals surface area contributed by atoms with Crippen molar-refractivity contribution in [3.05, 3.63) is 76.0 Å². The van der Waals surface area contributed by atoms with Gasteiger partial charge in [-0.2, -0.15) is 0 Å². The van der Waals surface area contributed by atoms with Crippen LogP contribution in [0.15, 0.2) is 59.8 Å². The number of aromatic carboxylic acids is 1. The van der Waals surface area contributed by atoms with Gasteiger partial charge >= 0.3 is 12.0 Å². The second-order valence-electron chi connectivity index (χ2n) is 5.93. The lowest BCUT2D eigenvalue weighted by Crippen LogP contribution is -2.46. The van der Waals surface area contributed by atoms with E-state index in [1.807, 2.05) is 0 Å². The third kappa shape index (κ3) is 3.93. The first-order valence-electron chi connectivity index (χ1n) is 8.04. The van der Waals surface area contributed by atoms with Crippen molar-refractivity contribution in [2.75, 3.05) is 5.32 Å². The first-order valence-corrected chi connectivity index (χ1v) is 8.42. The highest BCUT2D eigenvalue weighted by molar-refractivity contribution is 6.33. The van der Waals surface area contributed by atoms with Crippen LogP contribution in [0.4, 0.5) is 10.5 Å². The van der Waals surface area contributed by atoms with Gasteiger partial charge < -0.3 is 21.1 Å². The molecule has 2 aromatic carbocycles. The van der Waals surface area contributed by atoms with E-state index < -0.39 is 23.9 Å². The van der Waals surface area contributed by atoms with Gasteiger partial charge in [0.1, 0.15) is 0 Å². The van der Waals surface area contributed by atoms with Crippen LogP contribution in [-0.4, -0.2) is 23.0 Å². The zero-order valence-electron chi connectivity index (χ0n) is 14.2. The van der Waals surface area contributed by atoms with E-state index >= 15 is 0 Å². The van der Waals surface area contributed by atoms with E-state index in [1.165, 1.54) is 12.1 Å². The predicted molar refractivity (Wildman–Crippen MR) is 101 cm³/mol. The molecule has 0 unspecified atom stereocenters. The van der Waals surface area contributed by atoms with Gasteiger partial charge in [0.15, 0.2) is 0 Å². The Morgan fingerprint density at radius 1 is 1.11 bits per heavy atom. The summed E-state index contributed by atoms with van der Waals surface area (Å²) in [5.74, 6) is -1.49. The summed E-state index contributed by atoms with van der Waals surface area (Å²) in [6.45, 7) is 1.62. The molecule has 4 N–H and O–H groups in total. The quantitative estimate of drug-likeness (QED) is 0.647. The lowest BCUT2D eigenvalue weighted by atomic mass is 9.94. The zero-order valence-corrected chi connectivity index (χ0v) is 15.0.